The zero-order valence-corrected chi connectivity index (χ0v) is 13.9. The smallest absolute Gasteiger partial charge is 0.337 e. The van der Waals surface area contributed by atoms with Crippen LogP contribution in [0.2, 0.25) is 0 Å². The number of carboxylic acid groups (broad SMARTS) is 1. The lowest BCUT2D eigenvalue weighted by Gasteiger charge is -2.11. The fourth-order valence-electron chi connectivity index (χ4n) is 2.40. The van der Waals surface area contributed by atoms with Crippen molar-refractivity contribution in [1.82, 2.24) is 9.38 Å². The van der Waals surface area contributed by atoms with Gasteiger partial charge in [0.15, 0.2) is 0 Å². The van der Waals surface area contributed by atoms with E-state index in [0.29, 0.717) is 11.3 Å². The molecule has 6 nitrogen and oxygen atoms in total. The van der Waals surface area contributed by atoms with Crippen LogP contribution in [0.25, 0.3) is 17.8 Å². The second kappa shape index (κ2) is 6.60. The van der Waals surface area contributed by atoms with Crippen molar-refractivity contribution < 1.29 is 9.90 Å². The van der Waals surface area contributed by atoms with Gasteiger partial charge in [-0.05, 0) is 35.9 Å². The Morgan fingerprint density at radius 2 is 1.84 bits per heavy atom. The number of anilines is 1. The number of nitrogens with zero attached hydrogens (tertiary/aromatic N) is 3. The number of pyridine rings is 1. The van der Waals surface area contributed by atoms with E-state index in [0.717, 1.165) is 11.3 Å². The first kappa shape index (κ1) is 16.4. The Balaban J connectivity index is 1.92. The molecule has 6 heteroatoms. The van der Waals surface area contributed by atoms with Gasteiger partial charge in [-0.25, -0.2) is 9.78 Å². The molecule has 0 saturated carbocycles. The lowest BCUT2D eigenvalue weighted by molar-refractivity contribution is 0.0696. The standard InChI is InChI=1S/C19H17N3O3/c1-21(2)16-8-4-13(5-9-16)3-7-15-11-18(23)22-12-14(19(24)25)6-10-17(22)20-15/h3-12H,1-2H3,(H,24,25)/b7-3+. The van der Waals surface area contributed by atoms with Crippen molar-refractivity contribution in [2.45, 2.75) is 0 Å². The molecule has 0 aliphatic carbocycles. The highest BCUT2D eigenvalue weighted by Gasteiger charge is 2.06. The number of aromatic carboxylic acids is 1. The molecule has 0 fully saturated rings. The molecule has 1 aromatic carbocycles. The lowest BCUT2D eigenvalue weighted by Crippen LogP contribution is -2.15. The van der Waals surface area contributed by atoms with Gasteiger partial charge in [0.05, 0.1) is 11.3 Å². The molecule has 2 aromatic heterocycles. The van der Waals surface area contributed by atoms with Crippen molar-refractivity contribution in [2.24, 2.45) is 0 Å². The first-order valence-corrected chi connectivity index (χ1v) is 7.66. The summed E-state index contributed by atoms with van der Waals surface area (Å²) in [6, 6.07) is 12.3. The SMILES string of the molecule is CN(C)c1ccc(/C=C/c2cc(=O)n3cc(C(=O)O)ccc3n2)cc1. The van der Waals surface area contributed by atoms with Gasteiger partial charge in [0, 0.05) is 32.0 Å². The zero-order chi connectivity index (χ0) is 18.0. The van der Waals surface area contributed by atoms with E-state index in [2.05, 4.69) is 4.98 Å². The highest BCUT2D eigenvalue weighted by atomic mass is 16.4. The van der Waals surface area contributed by atoms with E-state index < -0.39 is 5.97 Å². The molecular weight excluding hydrogens is 318 g/mol. The van der Waals surface area contributed by atoms with E-state index in [4.69, 9.17) is 5.11 Å². The van der Waals surface area contributed by atoms with Crippen LogP contribution in [0.4, 0.5) is 5.69 Å². The molecule has 0 aliphatic heterocycles. The maximum absolute atomic E-state index is 12.2. The van der Waals surface area contributed by atoms with E-state index in [1.54, 1.807) is 6.08 Å². The summed E-state index contributed by atoms with van der Waals surface area (Å²) < 4.78 is 1.23. The molecule has 25 heavy (non-hydrogen) atoms. The molecule has 0 atom stereocenters. The van der Waals surface area contributed by atoms with Crippen molar-refractivity contribution in [3.8, 4) is 0 Å². The normalized spacial score (nSPS) is 11.1. The minimum Gasteiger partial charge on any atom is -0.478 e. The van der Waals surface area contributed by atoms with Gasteiger partial charge in [-0.3, -0.25) is 9.20 Å². The van der Waals surface area contributed by atoms with Crippen LogP contribution in [0.3, 0.4) is 0 Å². The van der Waals surface area contributed by atoms with Crippen LogP contribution >= 0.6 is 0 Å². The van der Waals surface area contributed by atoms with Gasteiger partial charge in [-0.15, -0.1) is 0 Å². The molecule has 2 heterocycles. The molecular formula is C19H17N3O3. The second-order valence-corrected chi connectivity index (χ2v) is 5.79. The Morgan fingerprint density at radius 3 is 2.48 bits per heavy atom. The van der Waals surface area contributed by atoms with Crippen molar-refractivity contribution in [2.75, 3.05) is 19.0 Å². The summed E-state index contributed by atoms with van der Waals surface area (Å²) in [5.41, 5.74) is 2.74. The van der Waals surface area contributed by atoms with Crippen LogP contribution in [0.5, 0.6) is 0 Å². The van der Waals surface area contributed by atoms with Crippen LogP contribution in [0.15, 0.2) is 53.5 Å². The topological polar surface area (TPSA) is 74.9 Å². The Bertz CT molecular complexity index is 1020. The molecule has 0 unspecified atom stereocenters. The minimum absolute atomic E-state index is 0.0423. The maximum Gasteiger partial charge on any atom is 0.337 e. The summed E-state index contributed by atoms with van der Waals surface area (Å²) in [7, 11) is 3.96. The van der Waals surface area contributed by atoms with Gasteiger partial charge in [-0.2, -0.15) is 0 Å². The van der Waals surface area contributed by atoms with Gasteiger partial charge < -0.3 is 10.0 Å². The van der Waals surface area contributed by atoms with Crippen molar-refractivity contribution in [3.63, 3.8) is 0 Å². The Hall–Kier alpha value is -3.41. The second-order valence-electron chi connectivity index (χ2n) is 5.79. The highest BCUT2D eigenvalue weighted by Crippen LogP contribution is 2.14. The Labute approximate surface area is 144 Å². The van der Waals surface area contributed by atoms with Crippen molar-refractivity contribution >= 4 is 29.5 Å². The summed E-state index contributed by atoms with van der Waals surface area (Å²) in [6.07, 6.45) is 4.92. The number of hydrogen-bond donors (Lipinski definition) is 1. The van der Waals surface area contributed by atoms with Crippen molar-refractivity contribution in [3.05, 3.63) is 75.8 Å². The third-order valence-electron chi connectivity index (χ3n) is 3.78. The molecule has 0 amide bonds. The van der Waals surface area contributed by atoms with Crippen LogP contribution in [-0.2, 0) is 0 Å². The van der Waals surface area contributed by atoms with Gasteiger partial charge in [0.1, 0.15) is 5.65 Å². The Kier molecular flexibility index (Phi) is 4.35. The molecule has 1 N–H and O–H groups in total. The van der Waals surface area contributed by atoms with E-state index >= 15 is 0 Å². The average Bonchev–Trinajstić information content (AvgIpc) is 2.60. The third kappa shape index (κ3) is 3.58. The van der Waals surface area contributed by atoms with Gasteiger partial charge in [0.2, 0.25) is 0 Å². The first-order valence-electron chi connectivity index (χ1n) is 7.66. The van der Waals surface area contributed by atoms with E-state index in [1.165, 1.54) is 28.8 Å². The molecule has 0 spiro atoms. The number of aromatic nitrogens is 2. The van der Waals surface area contributed by atoms with Crippen LogP contribution in [0.1, 0.15) is 21.6 Å². The summed E-state index contributed by atoms with van der Waals surface area (Å²) in [5.74, 6) is -1.08. The number of fused-ring (bicyclic) bond motifs is 1. The number of carbonyl (C=O) groups is 1. The predicted octanol–water partition coefficient (Wildman–Crippen LogP) is 2.63. The molecule has 126 valence electrons. The highest BCUT2D eigenvalue weighted by molar-refractivity contribution is 5.87. The fraction of sp³-hybridized carbons (Fsp3) is 0.105. The number of hydrogen-bond acceptors (Lipinski definition) is 4. The van der Waals surface area contributed by atoms with Crippen LogP contribution in [0, 0.1) is 0 Å². The summed E-state index contributed by atoms with van der Waals surface area (Å²) in [5, 5.41) is 9.00. The first-order chi connectivity index (χ1) is 11.9. The largest absolute Gasteiger partial charge is 0.478 e. The quantitative estimate of drug-likeness (QED) is 0.793. The lowest BCUT2D eigenvalue weighted by atomic mass is 10.1. The summed E-state index contributed by atoms with van der Waals surface area (Å²) in [6.45, 7) is 0. The monoisotopic (exact) mass is 335 g/mol. The molecule has 3 aromatic rings. The summed E-state index contributed by atoms with van der Waals surface area (Å²) in [4.78, 5) is 29.6. The average molecular weight is 335 g/mol. The van der Waals surface area contributed by atoms with E-state index in [1.807, 2.05) is 49.3 Å². The number of carboxylic acids is 1. The minimum atomic E-state index is -1.08. The molecule has 0 radical (unpaired) electrons. The molecule has 0 saturated heterocycles. The third-order valence-corrected chi connectivity index (χ3v) is 3.78. The molecule has 0 bridgehead atoms. The fourth-order valence-corrected chi connectivity index (χ4v) is 2.40. The van der Waals surface area contributed by atoms with Crippen LogP contribution in [-0.4, -0.2) is 34.6 Å². The van der Waals surface area contributed by atoms with Gasteiger partial charge in [-0.1, -0.05) is 18.2 Å². The predicted molar refractivity (Wildman–Crippen MR) is 98.1 cm³/mol. The van der Waals surface area contributed by atoms with E-state index in [-0.39, 0.29) is 11.1 Å². The number of rotatable bonds is 4. The maximum atomic E-state index is 12.2. The van der Waals surface area contributed by atoms with Crippen molar-refractivity contribution in [1.29, 1.82) is 0 Å². The van der Waals surface area contributed by atoms with Gasteiger partial charge in [0.25, 0.3) is 5.56 Å². The van der Waals surface area contributed by atoms with Crippen LogP contribution < -0.4 is 10.5 Å². The van der Waals surface area contributed by atoms with E-state index in [9.17, 15) is 9.59 Å². The molecule has 3 rings (SSSR count). The molecule has 0 aliphatic rings. The Morgan fingerprint density at radius 1 is 1.12 bits per heavy atom. The summed E-state index contributed by atoms with van der Waals surface area (Å²) >= 11 is 0. The van der Waals surface area contributed by atoms with Gasteiger partial charge >= 0.3 is 5.97 Å². The zero-order valence-electron chi connectivity index (χ0n) is 13.9. The number of benzene rings is 1.